The Hall–Kier alpha value is -3.76. The van der Waals surface area contributed by atoms with Gasteiger partial charge in [0.05, 0.1) is 35.5 Å². The Morgan fingerprint density at radius 3 is 2.82 bits per heavy atom. The van der Waals surface area contributed by atoms with Crippen molar-refractivity contribution < 1.29 is 9.59 Å². The highest BCUT2D eigenvalue weighted by molar-refractivity contribution is 7.14. The minimum absolute atomic E-state index is 0.203. The second-order valence-electron chi connectivity index (χ2n) is 7.47. The van der Waals surface area contributed by atoms with Crippen LogP contribution in [-0.2, 0) is 13.0 Å². The summed E-state index contributed by atoms with van der Waals surface area (Å²) in [4.78, 5) is 37.8. The molecule has 0 bridgehead atoms. The van der Waals surface area contributed by atoms with Crippen LogP contribution in [0.4, 0.5) is 21.9 Å². The maximum Gasteiger partial charge on any atom is 0.322 e. The molecular weight excluding hydrogens is 456 g/mol. The van der Waals surface area contributed by atoms with Crippen LogP contribution < -0.4 is 16.4 Å². The van der Waals surface area contributed by atoms with E-state index in [1.807, 2.05) is 29.6 Å². The zero-order valence-electron chi connectivity index (χ0n) is 17.4. The van der Waals surface area contributed by atoms with Crippen LogP contribution in [0.3, 0.4) is 0 Å². The Morgan fingerprint density at radius 1 is 1.12 bits per heavy atom. The highest BCUT2D eigenvalue weighted by Crippen LogP contribution is 2.31. The van der Waals surface area contributed by atoms with Crippen LogP contribution in [0.2, 0.25) is 0 Å². The van der Waals surface area contributed by atoms with Crippen molar-refractivity contribution >= 4 is 51.7 Å². The molecule has 8 nitrogen and oxygen atoms in total. The highest BCUT2D eigenvalue weighted by atomic mass is 32.1. The molecule has 5 rings (SSSR count). The third-order valence-electron chi connectivity index (χ3n) is 5.23. The second-order valence-corrected chi connectivity index (χ2v) is 9.50. The number of nitrogens with one attached hydrogen (secondary N) is 2. The van der Waals surface area contributed by atoms with Crippen molar-refractivity contribution in [3.05, 3.63) is 75.8 Å². The Labute approximate surface area is 198 Å². The van der Waals surface area contributed by atoms with Crippen LogP contribution in [-0.4, -0.2) is 33.4 Å². The third-order valence-corrected chi connectivity index (χ3v) is 7.23. The number of carbonyl (C=O) groups excluding carboxylic acids is 2. The van der Waals surface area contributed by atoms with Crippen molar-refractivity contribution in [3.63, 3.8) is 0 Å². The number of carbonyl (C=O) groups is 2. The van der Waals surface area contributed by atoms with Gasteiger partial charge < -0.3 is 21.3 Å². The monoisotopic (exact) mass is 476 g/mol. The predicted octanol–water partition coefficient (Wildman–Crippen LogP) is 4.69. The summed E-state index contributed by atoms with van der Waals surface area (Å²) < 4.78 is 0. The number of thiazole rings is 1. The first-order valence-corrected chi connectivity index (χ1v) is 12.0. The number of pyridine rings is 1. The number of rotatable bonds is 4. The molecule has 4 aromatic rings. The summed E-state index contributed by atoms with van der Waals surface area (Å²) in [6.45, 7) is 0.933. The van der Waals surface area contributed by atoms with Gasteiger partial charge in [0.2, 0.25) is 0 Å². The van der Waals surface area contributed by atoms with E-state index < -0.39 is 0 Å². The average molecular weight is 477 g/mol. The van der Waals surface area contributed by atoms with Crippen LogP contribution in [0.25, 0.3) is 10.4 Å². The van der Waals surface area contributed by atoms with E-state index in [2.05, 4.69) is 20.6 Å². The molecule has 4 N–H and O–H groups in total. The molecular formula is C23H20N6O2S2. The smallest absolute Gasteiger partial charge is 0.322 e. The molecule has 3 aromatic heterocycles. The molecule has 33 heavy (non-hydrogen) atoms. The van der Waals surface area contributed by atoms with Gasteiger partial charge in [0.1, 0.15) is 0 Å². The lowest BCUT2D eigenvalue weighted by Crippen LogP contribution is -2.38. The fraction of sp³-hybridized carbons (Fsp3) is 0.130. The van der Waals surface area contributed by atoms with Gasteiger partial charge in [0.15, 0.2) is 5.01 Å². The number of hydrogen-bond donors (Lipinski definition) is 3. The summed E-state index contributed by atoms with van der Waals surface area (Å²) in [7, 11) is 0. The first-order chi connectivity index (χ1) is 16.1. The van der Waals surface area contributed by atoms with E-state index in [4.69, 9.17) is 5.73 Å². The standard InChI is InChI=1S/C23H20N6O2S2/c24-16-6-5-14(19-4-2-10-32-19)11-18(16)27-21(30)22-28-17-7-9-29(13-20(17)33-22)23(31)26-15-3-1-8-25-12-15/h1-6,8,10-12H,7,9,13,24H2,(H,26,31)(H,27,30). The SMILES string of the molecule is Nc1ccc(-c2cccs2)cc1NC(=O)c1nc2c(s1)CN(C(=O)Nc1cccnc1)CC2. The van der Waals surface area contributed by atoms with Gasteiger partial charge in [-0.2, -0.15) is 0 Å². The molecule has 10 heteroatoms. The van der Waals surface area contributed by atoms with Crippen LogP contribution in [0.15, 0.2) is 60.2 Å². The molecule has 3 amide bonds. The second kappa shape index (κ2) is 9.00. The summed E-state index contributed by atoms with van der Waals surface area (Å²) in [5.74, 6) is -0.309. The normalized spacial score (nSPS) is 12.8. The van der Waals surface area contributed by atoms with E-state index in [9.17, 15) is 9.59 Å². The topological polar surface area (TPSA) is 113 Å². The van der Waals surface area contributed by atoms with Crippen molar-refractivity contribution in [2.24, 2.45) is 0 Å². The molecule has 166 valence electrons. The van der Waals surface area contributed by atoms with E-state index in [0.29, 0.717) is 41.6 Å². The van der Waals surface area contributed by atoms with Gasteiger partial charge >= 0.3 is 6.03 Å². The Kier molecular flexibility index (Phi) is 5.76. The maximum atomic E-state index is 12.9. The lowest BCUT2D eigenvalue weighted by molar-refractivity contribution is 0.102. The molecule has 0 unspecified atom stereocenters. The first-order valence-electron chi connectivity index (χ1n) is 10.3. The number of nitrogen functional groups attached to an aromatic ring is 1. The van der Waals surface area contributed by atoms with Crippen molar-refractivity contribution in [2.45, 2.75) is 13.0 Å². The van der Waals surface area contributed by atoms with Crippen molar-refractivity contribution in [3.8, 4) is 10.4 Å². The molecule has 0 fully saturated rings. The van der Waals surface area contributed by atoms with Gasteiger partial charge in [0.25, 0.3) is 5.91 Å². The van der Waals surface area contributed by atoms with E-state index in [1.165, 1.54) is 11.3 Å². The van der Waals surface area contributed by atoms with Gasteiger partial charge in [-0.3, -0.25) is 9.78 Å². The van der Waals surface area contributed by atoms with Gasteiger partial charge in [-0.25, -0.2) is 9.78 Å². The van der Waals surface area contributed by atoms with Crippen LogP contribution in [0.5, 0.6) is 0 Å². The van der Waals surface area contributed by atoms with Crippen LogP contribution in [0, 0.1) is 0 Å². The zero-order chi connectivity index (χ0) is 22.8. The molecule has 1 aliphatic heterocycles. The lowest BCUT2D eigenvalue weighted by atomic mass is 10.1. The molecule has 0 atom stereocenters. The van der Waals surface area contributed by atoms with E-state index >= 15 is 0 Å². The number of fused-ring (bicyclic) bond motifs is 1. The molecule has 4 heterocycles. The summed E-state index contributed by atoms with van der Waals surface area (Å²) in [5.41, 5.74) is 9.62. The maximum absolute atomic E-state index is 12.9. The number of aromatic nitrogens is 2. The lowest BCUT2D eigenvalue weighted by Gasteiger charge is -2.26. The minimum atomic E-state index is -0.309. The number of hydrogen-bond acceptors (Lipinski definition) is 7. The summed E-state index contributed by atoms with van der Waals surface area (Å²) >= 11 is 2.92. The number of urea groups is 1. The third kappa shape index (κ3) is 4.57. The largest absolute Gasteiger partial charge is 0.397 e. The van der Waals surface area contributed by atoms with Gasteiger partial charge in [0, 0.05) is 28.9 Å². The Morgan fingerprint density at radius 2 is 2.03 bits per heavy atom. The van der Waals surface area contributed by atoms with Crippen LogP contribution >= 0.6 is 22.7 Å². The van der Waals surface area contributed by atoms with Gasteiger partial charge in [-0.05, 0) is 41.3 Å². The number of nitrogens with zero attached hydrogens (tertiary/aromatic N) is 3. The van der Waals surface area contributed by atoms with Gasteiger partial charge in [-0.1, -0.05) is 12.1 Å². The zero-order valence-corrected chi connectivity index (χ0v) is 19.1. The fourth-order valence-corrected chi connectivity index (χ4v) is 5.28. The van der Waals surface area contributed by atoms with E-state index in [0.717, 1.165) is 21.0 Å². The van der Waals surface area contributed by atoms with Crippen molar-refractivity contribution in [1.82, 2.24) is 14.9 Å². The molecule has 0 radical (unpaired) electrons. The van der Waals surface area contributed by atoms with Crippen molar-refractivity contribution in [2.75, 3.05) is 22.9 Å². The number of nitrogens with two attached hydrogens (primary N) is 1. The highest BCUT2D eigenvalue weighted by Gasteiger charge is 2.26. The minimum Gasteiger partial charge on any atom is -0.397 e. The molecule has 0 spiro atoms. The molecule has 0 saturated carbocycles. The average Bonchev–Trinajstić information content (AvgIpc) is 3.51. The van der Waals surface area contributed by atoms with Crippen LogP contribution in [0.1, 0.15) is 20.4 Å². The molecule has 0 aliphatic carbocycles. The fourth-order valence-electron chi connectivity index (χ4n) is 3.54. The van der Waals surface area contributed by atoms with Crippen molar-refractivity contribution in [1.29, 1.82) is 0 Å². The predicted molar refractivity (Wildman–Crippen MR) is 132 cm³/mol. The first kappa shape index (κ1) is 21.1. The quantitative estimate of drug-likeness (QED) is 0.370. The summed E-state index contributed by atoms with van der Waals surface area (Å²) in [6.07, 6.45) is 3.84. The number of anilines is 3. The molecule has 0 saturated heterocycles. The number of amides is 3. The Balaban J connectivity index is 1.28. The molecule has 1 aliphatic rings. The number of thiophene rings is 1. The Bertz CT molecular complexity index is 1300. The van der Waals surface area contributed by atoms with Gasteiger partial charge in [-0.15, -0.1) is 22.7 Å². The van der Waals surface area contributed by atoms with E-state index in [-0.39, 0.29) is 11.9 Å². The number of benzene rings is 1. The summed E-state index contributed by atoms with van der Waals surface area (Å²) in [5, 5.41) is 8.10. The van der Waals surface area contributed by atoms with E-state index in [1.54, 1.807) is 46.8 Å². The molecule has 1 aromatic carbocycles. The summed E-state index contributed by atoms with van der Waals surface area (Å²) in [6, 6.07) is 12.9.